The van der Waals surface area contributed by atoms with Crippen LogP contribution < -0.4 is 10.6 Å². The molecule has 5 aromatic rings. The average molecular weight is 881 g/mol. The smallest absolute Gasteiger partial charge is 0.410 e. The minimum atomic E-state index is -1.48. The number of rotatable bonds is 10. The fourth-order valence-corrected chi connectivity index (χ4v) is 6.82. The molecule has 2 aromatic carbocycles. The number of aromatic amines is 2. The van der Waals surface area contributed by atoms with Crippen LogP contribution in [0.1, 0.15) is 121 Å². The SMILES string of the molecule is CN(C)C(=O)OC(C)(C(=O)N[C@H](c1nc2ccc(-c3cnc(-c4ccc5nc([C@@H](NC(=O)C(C)(OC(=O)N(C)C)C(C)(C)C)C(C)(C)C)[nH]c5c4)nc3)cc2[nH]1)C(C)(C)C)C(C)(C)C. The standard InChI is InChI=1S/C48H68N10O6/c1-43(2,3)34(55-39(59)47(13,45(7,8)9)63-41(61)57(15)16)37-51-30-21-19-27(23-32(30)53-37)29-25-49-36(50-26-29)28-20-22-31-33(24-28)54-38(52-31)35(44(4,5)6)56-40(60)48(14,46(10,11)12)64-42(62)58(17)18/h19-26,34-35H,1-18H3,(H,51,53)(H,52,54)(H,55,59)(H,56,60)/t34-,35-,47?,48?/m1/s1. The summed E-state index contributed by atoms with van der Waals surface area (Å²) in [5.41, 5.74) is -0.00732. The summed E-state index contributed by atoms with van der Waals surface area (Å²) in [7, 11) is 6.32. The van der Waals surface area contributed by atoms with Crippen molar-refractivity contribution in [3.8, 4) is 22.5 Å². The van der Waals surface area contributed by atoms with E-state index in [0.717, 1.165) is 27.7 Å². The maximum Gasteiger partial charge on any atom is 0.410 e. The molecule has 0 fully saturated rings. The highest BCUT2D eigenvalue weighted by molar-refractivity contribution is 5.90. The van der Waals surface area contributed by atoms with E-state index in [1.807, 2.05) is 119 Å². The summed E-state index contributed by atoms with van der Waals surface area (Å²) in [5, 5.41) is 6.31. The van der Waals surface area contributed by atoms with E-state index in [1.54, 1.807) is 54.4 Å². The first-order valence-corrected chi connectivity index (χ1v) is 21.5. The van der Waals surface area contributed by atoms with Crippen molar-refractivity contribution in [1.29, 1.82) is 0 Å². The number of hydrogen-bond donors (Lipinski definition) is 4. The fraction of sp³-hybridized carbons (Fsp3) is 0.542. The Labute approximate surface area is 377 Å². The molecule has 0 spiro atoms. The predicted octanol–water partition coefficient (Wildman–Crippen LogP) is 8.98. The van der Waals surface area contributed by atoms with Crippen molar-refractivity contribution in [2.75, 3.05) is 28.2 Å². The second kappa shape index (κ2) is 17.1. The number of amides is 4. The van der Waals surface area contributed by atoms with Gasteiger partial charge in [0.2, 0.25) is 0 Å². The molecule has 4 amide bonds. The van der Waals surface area contributed by atoms with Crippen LogP contribution in [-0.4, -0.2) is 103 Å². The number of nitrogens with one attached hydrogen (secondary N) is 4. The lowest BCUT2D eigenvalue weighted by Gasteiger charge is -2.42. The molecule has 16 heteroatoms. The van der Waals surface area contributed by atoms with Gasteiger partial charge in [-0.05, 0) is 60.6 Å². The van der Waals surface area contributed by atoms with Crippen LogP contribution in [0.2, 0.25) is 0 Å². The second-order valence-electron chi connectivity index (χ2n) is 21.6. The van der Waals surface area contributed by atoms with Crippen molar-refractivity contribution in [3.63, 3.8) is 0 Å². The van der Waals surface area contributed by atoms with E-state index in [0.29, 0.717) is 28.5 Å². The van der Waals surface area contributed by atoms with Crippen LogP contribution in [0.4, 0.5) is 9.59 Å². The highest BCUT2D eigenvalue weighted by Crippen LogP contribution is 2.40. The van der Waals surface area contributed by atoms with Crippen molar-refractivity contribution in [2.24, 2.45) is 21.7 Å². The summed E-state index contributed by atoms with van der Waals surface area (Å²) in [4.78, 5) is 82.2. The summed E-state index contributed by atoms with van der Waals surface area (Å²) in [5.74, 6) is 0.779. The zero-order valence-corrected chi connectivity index (χ0v) is 40.9. The molecular weight excluding hydrogens is 813 g/mol. The van der Waals surface area contributed by atoms with Gasteiger partial charge in [0.1, 0.15) is 11.6 Å². The van der Waals surface area contributed by atoms with Crippen molar-refractivity contribution in [3.05, 3.63) is 60.4 Å². The van der Waals surface area contributed by atoms with Crippen molar-refractivity contribution >= 4 is 46.1 Å². The summed E-state index contributed by atoms with van der Waals surface area (Å²) in [6.45, 7) is 26.5. The minimum absolute atomic E-state index is 0.427. The van der Waals surface area contributed by atoms with Gasteiger partial charge in [-0.15, -0.1) is 0 Å². The first kappa shape index (κ1) is 49.0. The molecule has 64 heavy (non-hydrogen) atoms. The van der Waals surface area contributed by atoms with E-state index in [2.05, 4.69) is 20.6 Å². The monoisotopic (exact) mass is 881 g/mol. The van der Waals surface area contributed by atoms with Crippen LogP contribution in [0, 0.1) is 21.7 Å². The van der Waals surface area contributed by atoms with Crippen LogP contribution in [-0.2, 0) is 19.1 Å². The zero-order valence-electron chi connectivity index (χ0n) is 40.9. The number of benzene rings is 2. The summed E-state index contributed by atoms with van der Waals surface area (Å²) < 4.78 is 11.6. The van der Waals surface area contributed by atoms with Crippen LogP contribution in [0.25, 0.3) is 44.6 Å². The number of aromatic nitrogens is 6. The molecule has 5 rings (SSSR count). The highest BCUT2D eigenvalue weighted by Gasteiger charge is 2.51. The van der Waals surface area contributed by atoms with Gasteiger partial charge in [-0.3, -0.25) is 9.59 Å². The summed E-state index contributed by atoms with van der Waals surface area (Å²) in [6.07, 6.45) is 2.32. The number of imidazole rings is 2. The largest absolute Gasteiger partial charge is 0.432 e. The van der Waals surface area contributed by atoms with Gasteiger partial charge in [0, 0.05) is 62.5 Å². The normalized spacial score (nSPS) is 15.4. The first-order chi connectivity index (χ1) is 29.3. The molecule has 0 aliphatic rings. The van der Waals surface area contributed by atoms with Gasteiger partial charge in [0.15, 0.2) is 17.0 Å². The van der Waals surface area contributed by atoms with Gasteiger partial charge in [0.25, 0.3) is 11.8 Å². The Hall–Kier alpha value is -6.06. The molecule has 0 aliphatic heterocycles. The molecule has 3 aromatic heterocycles. The third-order valence-electron chi connectivity index (χ3n) is 12.1. The maximum absolute atomic E-state index is 14.1. The molecule has 346 valence electrons. The van der Waals surface area contributed by atoms with Gasteiger partial charge in [-0.2, -0.15) is 0 Å². The van der Waals surface area contributed by atoms with Crippen molar-refractivity contribution in [2.45, 2.75) is 120 Å². The summed E-state index contributed by atoms with van der Waals surface area (Å²) in [6, 6.07) is 10.4. The van der Waals surface area contributed by atoms with E-state index in [1.165, 1.54) is 9.80 Å². The zero-order chi connectivity index (χ0) is 48.1. The lowest BCUT2D eigenvalue weighted by Crippen LogP contribution is -2.58. The number of H-pyrrole nitrogens is 2. The number of ether oxygens (including phenoxy) is 2. The second-order valence-corrected chi connectivity index (χ2v) is 21.6. The van der Waals surface area contributed by atoms with E-state index < -0.39 is 68.9 Å². The molecular formula is C48H68N10O6. The van der Waals surface area contributed by atoms with Gasteiger partial charge >= 0.3 is 12.2 Å². The Morgan fingerprint density at radius 1 is 0.547 bits per heavy atom. The van der Waals surface area contributed by atoms with Gasteiger partial charge < -0.3 is 39.9 Å². The minimum Gasteiger partial charge on any atom is -0.432 e. The molecule has 0 saturated heterocycles. The lowest BCUT2D eigenvalue weighted by molar-refractivity contribution is -0.153. The van der Waals surface area contributed by atoms with E-state index in [4.69, 9.17) is 29.4 Å². The van der Waals surface area contributed by atoms with Crippen LogP contribution in [0.5, 0.6) is 0 Å². The van der Waals surface area contributed by atoms with Crippen molar-refractivity contribution in [1.82, 2.24) is 50.3 Å². The van der Waals surface area contributed by atoms with Gasteiger partial charge in [0.05, 0.1) is 34.2 Å². The number of carbonyl (C=O) groups is 4. The Balaban J connectivity index is 1.39. The number of carbonyl (C=O) groups excluding carboxylic acids is 4. The molecule has 4 atom stereocenters. The quantitative estimate of drug-likeness (QED) is 0.105. The van der Waals surface area contributed by atoms with E-state index >= 15 is 0 Å². The molecule has 0 saturated carbocycles. The molecule has 0 bridgehead atoms. The lowest BCUT2D eigenvalue weighted by atomic mass is 9.76. The fourth-order valence-electron chi connectivity index (χ4n) is 6.82. The Morgan fingerprint density at radius 3 is 1.25 bits per heavy atom. The Kier molecular flexibility index (Phi) is 13.1. The predicted molar refractivity (Wildman–Crippen MR) is 249 cm³/mol. The van der Waals surface area contributed by atoms with Gasteiger partial charge in [-0.25, -0.2) is 29.5 Å². The van der Waals surface area contributed by atoms with E-state index in [9.17, 15) is 19.2 Å². The average Bonchev–Trinajstić information content (AvgIpc) is 3.80. The number of hydrogen-bond acceptors (Lipinski definition) is 10. The summed E-state index contributed by atoms with van der Waals surface area (Å²) >= 11 is 0. The third kappa shape index (κ3) is 10.0. The number of nitrogens with zero attached hydrogens (tertiary/aromatic N) is 6. The Bertz CT molecular complexity index is 2360. The van der Waals surface area contributed by atoms with Crippen LogP contribution in [0.15, 0.2) is 48.8 Å². The topological polar surface area (TPSA) is 200 Å². The molecule has 16 nitrogen and oxygen atoms in total. The molecule has 3 heterocycles. The molecule has 0 aliphatic carbocycles. The Morgan fingerprint density at radius 2 is 0.906 bits per heavy atom. The number of fused-ring (bicyclic) bond motifs is 2. The van der Waals surface area contributed by atoms with Crippen LogP contribution >= 0.6 is 0 Å². The van der Waals surface area contributed by atoms with Crippen LogP contribution in [0.3, 0.4) is 0 Å². The molecule has 0 radical (unpaired) electrons. The van der Waals surface area contributed by atoms with E-state index in [-0.39, 0.29) is 0 Å². The van der Waals surface area contributed by atoms with Gasteiger partial charge in [-0.1, -0.05) is 89.2 Å². The van der Waals surface area contributed by atoms with Crippen molar-refractivity contribution < 1.29 is 28.7 Å². The first-order valence-electron chi connectivity index (χ1n) is 21.5. The highest BCUT2D eigenvalue weighted by atomic mass is 16.6. The third-order valence-corrected chi connectivity index (χ3v) is 12.1. The molecule has 4 N–H and O–H groups in total. The molecule has 2 unspecified atom stereocenters. The maximum atomic E-state index is 14.1.